The second-order valence-corrected chi connectivity index (χ2v) is 9.10. The van der Waals surface area contributed by atoms with Gasteiger partial charge in [-0.05, 0) is 31.2 Å². The molecule has 0 bridgehead atoms. The van der Waals surface area contributed by atoms with Gasteiger partial charge in [0.2, 0.25) is 0 Å². The Balaban J connectivity index is 1.39. The molecule has 1 fully saturated rings. The van der Waals surface area contributed by atoms with E-state index >= 15 is 0 Å². The summed E-state index contributed by atoms with van der Waals surface area (Å²) in [6, 6.07) is 10.4. The van der Waals surface area contributed by atoms with Crippen LogP contribution < -0.4 is 15.9 Å². The summed E-state index contributed by atoms with van der Waals surface area (Å²) in [6.45, 7) is 3.66. The minimum Gasteiger partial charge on any atom is -0.490 e. The zero-order valence-electron chi connectivity index (χ0n) is 20.6. The third-order valence-electron chi connectivity index (χ3n) is 6.82. The van der Waals surface area contributed by atoms with Crippen LogP contribution in [-0.2, 0) is 18.3 Å². The number of amides is 1. The van der Waals surface area contributed by atoms with Crippen LogP contribution in [0.5, 0.6) is 5.75 Å². The third kappa shape index (κ3) is 4.28. The first kappa shape index (κ1) is 23.8. The van der Waals surface area contributed by atoms with Crippen LogP contribution in [0.15, 0.2) is 52.2 Å². The number of hydrogen-bond donors (Lipinski definition) is 0. The molecule has 5 rings (SSSR count). The quantitative estimate of drug-likeness (QED) is 0.409. The Morgan fingerprint density at radius 2 is 1.92 bits per heavy atom. The van der Waals surface area contributed by atoms with E-state index < -0.39 is 0 Å². The highest BCUT2D eigenvalue weighted by Crippen LogP contribution is 2.23. The van der Waals surface area contributed by atoms with Crippen molar-refractivity contribution in [3.05, 3.63) is 74.7 Å². The van der Waals surface area contributed by atoms with Gasteiger partial charge >= 0.3 is 0 Å². The zero-order chi connectivity index (χ0) is 25.4. The molecule has 36 heavy (non-hydrogen) atoms. The smallest absolute Gasteiger partial charge is 0.270 e. The number of methoxy groups -OCH3 is 1. The van der Waals surface area contributed by atoms with Crippen LogP contribution in [-0.4, -0.2) is 62.2 Å². The molecule has 1 saturated heterocycles. The van der Waals surface area contributed by atoms with Crippen LogP contribution in [0, 0.1) is 6.92 Å². The molecule has 1 aliphatic heterocycles. The Kier molecular flexibility index (Phi) is 6.36. The van der Waals surface area contributed by atoms with Gasteiger partial charge < -0.3 is 23.5 Å². The molecule has 0 spiro atoms. The molecule has 4 aromatic rings. The van der Waals surface area contributed by atoms with Gasteiger partial charge in [0.1, 0.15) is 28.8 Å². The fourth-order valence-electron chi connectivity index (χ4n) is 4.67. The molecule has 0 aromatic carbocycles. The minimum absolute atomic E-state index is 0.0866. The number of pyridine rings is 2. The molecule has 0 N–H and O–H groups in total. The van der Waals surface area contributed by atoms with Gasteiger partial charge in [-0.1, -0.05) is 6.07 Å². The summed E-state index contributed by atoms with van der Waals surface area (Å²) in [4.78, 5) is 45.2. The highest BCUT2D eigenvalue weighted by Gasteiger charge is 2.28. The first-order valence-corrected chi connectivity index (χ1v) is 12.0. The average molecular weight is 492 g/mol. The average Bonchev–Trinajstić information content (AvgIpc) is 3.24. The van der Waals surface area contributed by atoms with Crippen molar-refractivity contribution in [3.63, 3.8) is 0 Å². The second-order valence-electron chi connectivity index (χ2n) is 9.10. The maximum Gasteiger partial charge on any atom is 0.270 e. The molecule has 1 aliphatic rings. The molecule has 0 unspecified atom stereocenters. The molecule has 10 heteroatoms. The summed E-state index contributed by atoms with van der Waals surface area (Å²) in [7, 11) is 3.32. The number of aromatic nitrogens is 4. The van der Waals surface area contributed by atoms with E-state index in [0.717, 1.165) is 5.69 Å². The van der Waals surface area contributed by atoms with E-state index in [1.807, 2.05) is 19.1 Å². The first-order valence-electron chi connectivity index (χ1n) is 12.0. The molecule has 10 nitrogen and oxygen atoms in total. The van der Waals surface area contributed by atoms with Gasteiger partial charge in [0, 0.05) is 64.6 Å². The lowest BCUT2D eigenvalue weighted by Gasteiger charge is -2.32. The minimum atomic E-state index is -0.211. The van der Waals surface area contributed by atoms with Crippen molar-refractivity contribution < 1.29 is 14.3 Å². The lowest BCUT2D eigenvalue weighted by molar-refractivity contribution is 0.0584. The number of carbonyl (C=O) groups excluding carboxylic acids is 1. The lowest BCUT2D eigenvalue weighted by atomic mass is 10.1. The fourth-order valence-corrected chi connectivity index (χ4v) is 4.67. The Labute approximate surface area is 207 Å². The SMILES string of the molecule is COCCn1c(C(=O)N2CCC(Oc3cc(C)n(C)c(=O)c3)CC2)cc2c(=O)n3ccccc3nc21. The van der Waals surface area contributed by atoms with Crippen LogP contribution in [0.4, 0.5) is 0 Å². The summed E-state index contributed by atoms with van der Waals surface area (Å²) in [5, 5.41) is 0.400. The number of ether oxygens (including phenoxy) is 2. The topological polar surface area (TPSA) is 100 Å². The van der Waals surface area contributed by atoms with Gasteiger partial charge in [0.15, 0.2) is 0 Å². The third-order valence-corrected chi connectivity index (χ3v) is 6.82. The fraction of sp³-hybridized carbons (Fsp3) is 0.385. The van der Waals surface area contributed by atoms with E-state index in [1.165, 1.54) is 10.5 Å². The summed E-state index contributed by atoms with van der Waals surface area (Å²) >= 11 is 0. The number of piperidine rings is 1. The molecule has 0 aliphatic carbocycles. The van der Waals surface area contributed by atoms with E-state index in [1.54, 1.807) is 52.6 Å². The van der Waals surface area contributed by atoms with Gasteiger partial charge in [0.25, 0.3) is 17.0 Å². The van der Waals surface area contributed by atoms with Crippen molar-refractivity contribution in [1.29, 1.82) is 0 Å². The van der Waals surface area contributed by atoms with Crippen molar-refractivity contribution in [1.82, 2.24) is 23.4 Å². The zero-order valence-corrected chi connectivity index (χ0v) is 20.6. The molecule has 4 aromatic heterocycles. The normalized spacial score (nSPS) is 14.6. The Hall–Kier alpha value is -3.92. The molecular weight excluding hydrogens is 462 g/mol. The van der Waals surface area contributed by atoms with Gasteiger partial charge in [0.05, 0.1) is 12.0 Å². The van der Waals surface area contributed by atoms with Crippen LogP contribution >= 0.6 is 0 Å². The molecule has 5 heterocycles. The number of nitrogens with zero attached hydrogens (tertiary/aromatic N) is 5. The van der Waals surface area contributed by atoms with Crippen molar-refractivity contribution in [3.8, 4) is 5.75 Å². The van der Waals surface area contributed by atoms with Gasteiger partial charge in [-0.25, -0.2) is 4.98 Å². The number of fused-ring (bicyclic) bond motifs is 2. The number of hydrogen-bond acceptors (Lipinski definition) is 6. The lowest BCUT2D eigenvalue weighted by Crippen LogP contribution is -2.42. The predicted octanol–water partition coefficient (Wildman–Crippen LogP) is 1.99. The van der Waals surface area contributed by atoms with Gasteiger partial charge in [-0.15, -0.1) is 0 Å². The van der Waals surface area contributed by atoms with Gasteiger partial charge in [-0.3, -0.25) is 18.8 Å². The molecule has 0 radical (unpaired) electrons. The largest absolute Gasteiger partial charge is 0.490 e. The standard InChI is InChI=1S/C26H29N5O5/c1-17-14-19(15-23(32)28(17)2)36-18-7-10-29(11-8-18)26(34)21-16-20-24(30(21)12-13-35-3)27-22-6-4-5-9-31(22)25(20)33/h4-6,9,14-16,18H,7-8,10-13H2,1-3H3. The van der Waals surface area contributed by atoms with Crippen molar-refractivity contribution >= 4 is 22.6 Å². The van der Waals surface area contributed by atoms with Crippen LogP contribution in [0.25, 0.3) is 16.7 Å². The summed E-state index contributed by atoms with van der Waals surface area (Å²) in [6.07, 6.45) is 2.87. The maximum absolute atomic E-state index is 13.6. The summed E-state index contributed by atoms with van der Waals surface area (Å²) in [5.74, 6) is 0.402. The molecule has 188 valence electrons. The number of carbonyl (C=O) groups is 1. The van der Waals surface area contributed by atoms with E-state index in [4.69, 9.17) is 9.47 Å². The molecule has 0 atom stereocenters. The Bertz CT molecular complexity index is 1560. The highest BCUT2D eigenvalue weighted by atomic mass is 16.5. The van der Waals surface area contributed by atoms with E-state index in [2.05, 4.69) is 4.98 Å². The first-order chi connectivity index (χ1) is 17.4. The van der Waals surface area contributed by atoms with Crippen LogP contribution in [0.2, 0.25) is 0 Å². The van der Waals surface area contributed by atoms with E-state index in [9.17, 15) is 14.4 Å². The summed E-state index contributed by atoms with van der Waals surface area (Å²) in [5.41, 5.74) is 1.92. The monoisotopic (exact) mass is 491 g/mol. The molecular formula is C26H29N5O5. The van der Waals surface area contributed by atoms with Crippen LogP contribution in [0.3, 0.4) is 0 Å². The van der Waals surface area contributed by atoms with E-state index in [-0.39, 0.29) is 23.1 Å². The Morgan fingerprint density at radius 1 is 1.14 bits per heavy atom. The van der Waals surface area contributed by atoms with Crippen molar-refractivity contribution in [2.75, 3.05) is 26.8 Å². The van der Waals surface area contributed by atoms with Crippen LogP contribution in [0.1, 0.15) is 29.0 Å². The number of aryl methyl sites for hydroxylation is 1. The Morgan fingerprint density at radius 3 is 2.64 bits per heavy atom. The van der Waals surface area contributed by atoms with Gasteiger partial charge in [-0.2, -0.15) is 0 Å². The van der Waals surface area contributed by atoms with E-state index in [0.29, 0.717) is 67.2 Å². The number of likely N-dealkylation sites (tertiary alicyclic amines) is 1. The highest BCUT2D eigenvalue weighted by molar-refractivity contribution is 5.98. The van der Waals surface area contributed by atoms with Crippen molar-refractivity contribution in [2.45, 2.75) is 32.4 Å². The number of rotatable bonds is 6. The van der Waals surface area contributed by atoms with Crippen molar-refractivity contribution in [2.24, 2.45) is 7.05 Å². The molecule has 1 amide bonds. The second kappa shape index (κ2) is 9.62. The predicted molar refractivity (Wildman–Crippen MR) is 135 cm³/mol. The molecule has 0 saturated carbocycles. The maximum atomic E-state index is 13.6. The summed E-state index contributed by atoms with van der Waals surface area (Å²) < 4.78 is 16.2.